The predicted octanol–water partition coefficient (Wildman–Crippen LogP) is 2.56. The summed E-state index contributed by atoms with van der Waals surface area (Å²) in [6.45, 7) is 4.64. The molecule has 2 heterocycles. The highest BCUT2D eigenvalue weighted by molar-refractivity contribution is 5.62. The van der Waals surface area contributed by atoms with Gasteiger partial charge in [-0.15, -0.1) is 0 Å². The highest BCUT2D eigenvalue weighted by atomic mass is 16.5. The molecule has 0 amide bonds. The van der Waals surface area contributed by atoms with Gasteiger partial charge in [-0.1, -0.05) is 12.1 Å². The van der Waals surface area contributed by atoms with Gasteiger partial charge in [0, 0.05) is 19.6 Å². The number of hydrogen-bond acceptors (Lipinski definition) is 6. The summed E-state index contributed by atoms with van der Waals surface area (Å²) in [4.78, 5) is 15.5. The van der Waals surface area contributed by atoms with E-state index in [9.17, 15) is 5.11 Å². The third-order valence-corrected chi connectivity index (χ3v) is 5.41. The molecule has 3 atom stereocenters. The summed E-state index contributed by atoms with van der Waals surface area (Å²) >= 11 is 0. The number of aliphatic hydroxyl groups excluding tert-OH is 1. The predicted molar refractivity (Wildman–Crippen MR) is 99.4 cm³/mol. The normalized spacial score (nSPS) is 24.2. The second-order valence-electron chi connectivity index (χ2n) is 7.17. The van der Waals surface area contributed by atoms with Crippen LogP contribution in [-0.4, -0.2) is 52.9 Å². The lowest BCUT2D eigenvalue weighted by Crippen LogP contribution is -2.23. The molecule has 1 aromatic heterocycles. The van der Waals surface area contributed by atoms with E-state index in [1.165, 1.54) is 0 Å². The average Bonchev–Trinajstić information content (AvgIpc) is 3.29. The Hall–Kier alpha value is -2.38. The maximum atomic E-state index is 9.78. The van der Waals surface area contributed by atoms with Crippen LogP contribution in [-0.2, 0) is 11.3 Å². The Bertz CT molecular complexity index is 761. The van der Waals surface area contributed by atoms with Crippen LogP contribution in [0.3, 0.4) is 0 Å². The van der Waals surface area contributed by atoms with Crippen molar-refractivity contribution in [1.82, 2.24) is 9.88 Å². The van der Waals surface area contributed by atoms with E-state index in [4.69, 9.17) is 24.0 Å². The first kappa shape index (κ1) is 19.4. The van der Waals surface area contributed by atoms with Crippen molar-refractivity contribution in [2.45, 2.75) is 32.4 Å². The summed E-state index contributed by atoms with van der Waals surface area (Å²) in [6.07, 6.45) is 1.81. The minimum absolute atomic E-state index is 0.0897. The van der Waals surface area contributed by atoms with Gasteiger partial charge in [0.2, 0.25) is 5.89 Å². The lowest BCUT2D eigenvalue weighted by atomic mass is 10.0. The van der Waals surface area contributed by atoms with E-state index in [-0.39, 0.29) is 12.6 Å². The van der Waals surface area contributed by atoms with Crippen molar-refractivity contribution in [3.8, 4) is 17.2 Å². The van der Waals surface area contributed by atoms with Gasteiger partial charge in [-0.25, -0.2) is 4.98 Å². The fourth-order valence-electron chi connectivity index (χ4n) is 4.22. The molecule has 1 aromatic carbocycles. The zero-order valence-corrected chi connectivity index (χ0v) is 15.7. The second-order valence-corrected chi connectivity index (χ2v) is 7.17. The summed E-state index contributed by atoms with van der Waals surface area (Å²) in [5.74, 6) is 3.54. The summed E-state index contributed by atoms with van der Waals surface area (Å²) in [5, 5.41) is 16.7. The lowest BCUT2D eigenvalue weighted by molar-refractivity contribution is -0.122. The van der Waals surface area contributed by atoms with Gasteiger partial charge in [0.25, 0.3) is 6.47 Å². The number of fused-ring (bicyclic) bond motifs is 1. The molecule has 0 bridgehead atoms. The number of rotatable bonds is 4. The van der Waals surface area contributed by atoms with E-state index in [1.807, 2.05) is 31.2 Å². The molecular weight excluding hydrogens is 348 g/mol. The molecule has 1 aliphatic heterocycles. The summed E-state index contributed by atoms with van der Waals surface area (Å²) in [6, 6.07) is 7.79. The van der Waals surface area contributed by atoms with Gasteiger partial charge in [-0.05, 0) is 43.7 Å². The number of hydrogen-bond donors (Lipinski definition) is 2. The van der Waals surface area contributed by atoms with Crippen LogP contribution in [0.5, 0.6) is 5.75 Å². The Kier molecular flexibility index (Phi) is 6.13. The van der Waals surface area contributed by atoms with Crippen LogP contribution in [0, 0.1) is 18.8 Å². The van der Waals surface area contributed by atoms with Crippen LogP contribution in [0.4, 0.5) is 0 Å². The van der Waals surface area contributed by atoms with Gasteiger partial charge in [0.05, 0.1) is 24.5 Å². The number of benzene rings is 1. The van der Waals surface area contributed by atoms with Crippen molar-refractivity contribution in [2.75, 3.05) is 20.2 Å². The number of para-hydroxylation sites is 1. The summed E-state index contributed by atoms with van der Waals surface area (Å²) in [7, 11) is 1.66. The number of carboxylic acid groups (broad SMARTS) is 1. The Morgan fingerprint density at radius 2 is 1.93 bits per heavy atom. The first-order valence-corrected chi connectivity index (χ1v) is 9.13. The molecule has 27 heavy (non-hydrogen) atoms. The molecule has 1 saturated heterocycles. The van der Waals surface area contributed by atoms with Crippen molar-refractivity contribution in [3.63, 3.8) is 0 Å². The van der Waals surface area contributed by atoms with E-state index in [2.05, 4.69) is 4.90 Å². The zero-order chi connectivity index (χ0) is 19.4. The van der Waals surface area contributed by atoms with Crippen LogP contribution >= 0.6 is 0 Å². The number of aliphatic hydroxyl groups is 1. The van der Waals surface area contributed by atoms with Crippen molar-refractivity contribution in [2.24, 2.45) is 11.8 Å². The van der Waals surface area contributed by atoms with Gasteiger partial charge in [-0.2, -0.15) is 0 Å². The largest absolute Gasteiger partial charge is 0.496 e. The van der Waals surface area contributed by atoms with E-state index in [0.29, 0.717) is 17.7 Å². The first-order chi connectivity index (χ1) is 13.0. The van der Waals surface area contributed by atoms with Crippen molar-refractivity contribution < 1.29 is 24.2 Å². The quantitative estimate of drug-likeness (QED) is 0.794. The highest BCUT2D eigenvalue weighted by Gasteiger charge is 2.40. The van der Waals surface area contributed by atoms with Gasteiger partial charge in [0.15, 0.2) is 0 Å². The minimum Gasteiger partial charge on any atom is -0.496 e. The maximum absolute atomic E-state index is 9.78. The van der Waals surface area contributed by atoms with Crippen LogP contribution in [0.2, 0.25) is 0 Å². The van der Waals surface area contributed by atoms with Gasteiger partial charge in [0.1, 0.15) is 11.5 Å². The number of likely N-dealkylation sites (tertiary alicyclic amines) is 1. The van der Waals surface area contributed by atoms with Gasteiger partial charge in [-0.3, -0.25) is 9.69 Å². The number of aromatic nitrogens is 1. The van der Waals surface area contributed by atoms with E-state index in [1.54, 1.807) is 7.11 Å². The molecule has 2 aromatic rings. The molecule has 7 nitrogen and oxygen atoms in total. The molecule has 146 valence electrons. The Morgan fingerprint density at radius 1 is 1.30 bits per heavy atom. The lowest BCUT2D eigenvalue weighted by Gasteiger charge is -2.16. The Balaban J connectivity index is 0.000000659. The monoisotopic (exact) mass is 374 g/mol. The third kappa shape index (κ3) is 4.31. The van der Waals surface area contributed by atoms with Crippen molar-refractivity contribution >= 4 is 6.47 Å². The minimum atomic E-state index is -0.250. The fraction of sp³-hybridized carbons (Fsp3) is 0.500. The molecule has 0 spiro atoms. The summed E-state index contributed by atoms with van der Waals surface area (Å²) < 4.78 is 11.3. The number of carbonyl (C=O) groups is 1. The highest BCUT2D eigenvalue weighted by Crippen LogP contribution is 2.39. The Morgan fingerprint density at radius 3 is 2.56 bits per heavy atom. The van der Waals surface area contributed by atoms with E-state index in [0.717, 1.165) is 55.2 Å². The second kappa shape index (κ2) is 8.54. The molecule has 0 radical (unpaired) electrons. The fourth-order valence-corrected chi connectivity index (χ4v) is 4.22. The Labute approximate surface area is 158 Å². The number of methoxy groups -OCH3 is 1. The number of oxazole rings is 1. The number of aryl methyl sites for hydroxylation is 1. The van der Waals surface area contributed by atoms with Crippen molar-refractivity contribution in [3.05, 3.63) is 35.7 Å². The SMILES string of the molecule is COc1ccccc1-c1nc(CN2C[C@H]3CC(O)C[C@H]3C2)c(C)o1.O=CO. The van der Waals surface area contributed by atoms with E-state index >= 15 is 0 Å². The molecule has 1 saturated carbocycles. The molecule has 1 aliphatic carbocycles. The first-order valence-electron chi connectivity index (χ1n) is 9.13. The smallest absolute Gasteiger partial charge is 0.290 e. The molecule has 2 fully saturated rings. The van der Waals surface area contributed by atoms with Gasteiger partial charge >= 0.3 is 0 Å². The van der Waals surface area contributed by atoms with Gasteiger partial charge < -0.3 is 19.4 Å². The van der Waals surface area contributed by atoms with E-state index < -0.39 is 0 Å². The topological polar surface area (TPSA) is 96.0 Å². The number of nitrogens with zero attached hydrogens (tertiary/aromatic N) is 2. The molecule has 1 unspecified atom stereocenters. The molecule has 2 aliphatic rings. The van der Waals surface area contributed by atoms with Crippen LogP contribution < -0.4 is 4.74 Å². The van der Waals surface area contributed by atoms with Crippen molar-refractivity contribution in [1.29, 1.82) is 0 Å². The summed E-state index contributed by atoms with van der Waals surface area (Å²) in [5.41, 5.74) is 1.88. The molecule has 7 heteroatoms. The van der Waals surface area contributed by atoms with Crippen LogP contribution in [0.15, 0.2) is 28.7 Å². The number of ether oxygens (including phenoxy) is 1. The molecular formula is C20H26N2O5. The maximum Gasteiger partial charge on any atom is 0.290 e. The molecule has 2 N–H and O–H groups in total. The molecule has 4 rings (SSSR count). The third-order valence-electron chi connectivity index (χ3n) is 5.41. The van der Waals surface area contributed by atoms with Crippen LogP contribution in [0.1, 0.15) is 24.3 Å². The zero-order valence-electron chi connectivity index (χ0n) is 15.7. The average molecular weight is 374 g/mol. The van der Waals surface area contributed by atoms with Crippen LogP contribution in [0.25, 0.3) is 11.5 Å². The standard InChI is InChI=1S/C19H24N2O3.CH2O2/c1-12-17(11-21-9-13-7-15(22)8-14(13)10-21)20-19(24-12)16-5-3-4-6-18(16)23-2;2-1-3/h3-6,13-15,22H,7-11H2,1-2H3;1H,(H,2,3)/t13-,14+,15?;.